The van der Waals surface area contributed by atoms with Gasteiger partial charge in [-0.05, 0) is 48.5 Å². The number of hydrogen-bond donors (Lipinski definition) is 4. The van der Waals surface area contributed by atoms with E-state index < -0.39 is 5.82 Å². The highest BCUT2D eigenvalue weighted by molar-refractivity contribution is 5.96. The van der Waals surface area contributed by atoms with Gasteiger partial charge in [-0.25, -0.2) is 23.7 Å². The Labute approximate surface area is 240 Å². The molecule has 1 aromatic carbocycles. The van der Waals surface area contributed by atoms with Gasteiger partial charge in [0.25, 0.3) is 0 Å². The van der Waals surface area contributed by atoms with Gasteiger partial charge in [-0.3, -0.25) is 10.1 Å². The summed E-state index contributed by atoms with van der Waals surface area (Å²) in [5.41, 5.74) is 5.81. The summed E-state index contributed by atoms with van der Waals surface area (Å²) in [6, 6.07) is 8.45. The maximum Gasteiger partial charge on any atom is 0.184 e. The molecular formula is C31H29F2N9. The Hall–Kier alpha value is -5.03. The lowest BCUT2D eigenvalue weighted by molar-refractivity contribution is 0.509. The van der Waals surface area contributed by atoms with Gasteiger partial charge in [-0.1, -0.05) is 27.4 Å². The van der Waals surface area contributed by atoms with Crippen molar-refractivity contribution in [3.05, 3.63) is 84.6 Å². The number of halogens is 2. The highest BCUT2D eigenvalue weighted by Gasteiger charge is 2.22. The highest BCUT2D eigenvalue weighted by Crippen LogP contribution is 2.35. The first-order valence-electron chi connectivity index (χ1n) is 13.4. The quantitative estimate of drug-likeness (QED) is 0.172. The molecule has 11 heteroatoms. The van der Waals surface area contributed by atoms with Crippen LogP contribution in [-0.2, 0) is 6.54 Å². The van der Waals surface area contributed by atoms with Crippen molar-refractivity contribution < 1.29 is 8.78 Å². The standard InChI is InChI=1S/C31H29F2N9/c1-16(31(2,3)4)38-21-11-19(13-35-14-21)23-15-37-28-24(25(23)33)27(41-42-28)30-39-26-22(6-7-36-29(26)40-30)18-8-17(12-34-5)9-20(32)10-18/h6-11,13-15,34,38H,1,12H2,2-5H3,(H,36,39,40)(H,37,41,42). The van der Waals surface area contributed by atoms with E-state index >= 15 is 4.39 Å². The molecule has 0 saturated carbocycles. The highest BCUT2D eigenvalue weighted by atomic mass is 19.1. The largest absolute Gasteiger partial charge is 0.358 e. The van der Waals surface area contributed by atoms with Crippen molar-refractivity contribution in [2.24, 2.45) is 5.41 Å². The first kappa shape index (κ1) is 27.2. The van der Waals surface area contributed by atoms with Gasteiger partial charge in [0, 0.05) is 52.9 Å². The van der Waals surface area contributed by atoms with Crippen molar-refractivity contribution in [3.8, 4) is 33.8 Å². The second-order valence-corrected chi connectivity index (χ2v) is 11.1. The summed E-state index contributed by atoms with van der Waals surface area (Å²) in [6.45, 7) is 10.8. The molecule has 0 saturated heterocycles. The molecule has 212 valence electrons. The molecule has 0 aliphatic rings. The van der Waals surface area contributed by atoms with Gasteiger partial charge in [0.15, 0.2) is 17.1 Å². The van der Waals surface area contributed by atoms with Crippen molar-refractivity contribution in [2.45, 2.75) is 27.3 Å². The van der Waals surface area contributed by atoms with Crippen LogP contribution in [-0.4, -0.2) is 42.2 Å². The van der Waals surface area contributed by atoms with E-state index in [1.165, 1.54) is 18.3 Å². The average Bonchev–Trinajstić information content (AvgIpc) is 3.57. The van der Waals surface area contributed by atoms with Crippen molar-refractivity contribution in [3.63, 3.8) is 0 Å². The number of nitrogens with zero attached hydrogens (tertiary/aromatic N) is 5. The summed E-state index contributed by atoms with van der Waals surface area (Å²) >= 11 is 0. The van der Waals surface area contributed by atoms with Crippen molar-refractivity contribution >= 4 is 27.9 Å². The van der Waals surface area contributed by atoms with Crippen LogP contribution >= 0.6 is 0 Å². The molecule has 0 atom stereocenters. The zero-order chi connectivity index (χ0) is 29.6. The molecule has 0 amide bonds. The zero-order valence-electron chi connectivity index (χ0n) is 23.6. The van der Waals surface area contributed by atoms with Crippen LogP contribution in [0.15, 0.2) is 67.4 Å². The van der Waals surface area contributed by atoms with E-state index in [-0.39, 0.29) is 27.8 Å². The second-order valence-electron chi connectivity index (χ2n) is 11.1. The third-order valence-electron chi connectivity index (χ3n) is 7.05. The Kier molecular flexibility index (Phi) is 6.74. The van der Waals surface area contributed by atoms with Gasteiger partial charge in [-0.2, -0.15) is 5.10 Å². The van der Waals surface area contributed by atoms with Gasteiger partial charge in [-0.15, -0.1) is 0 Å². The Bertz CT molecular complexity index is 1970. The first-order chi connectivity index (χ1) is 20.1. The molecule has 0 fully saturated rings. The molecular weight excluding hydrogens is 536 g/mol. The molecule has 6 rings (SSSR count). The van der Waals surface area contributed by atoms with E-state index in [1.807, 2.05) is 26.8 Å². The number of rotatable bonds is 7. The molecule has 4 N–H and O–H groups in total. The Morgan fingerprint density at radius 1 is 0.976 bits per heavy atom. The van der Waals surface area contributed by atoms with E-state index in [9.17, 15) is 4.39 Å². The van der Waals surface area contributed by atoms with E-state index in [1.54, 1.807) is 37.8 Å². The molecule has 5 heterocycles. The monoisotopic (exact) mass is 565 g/mol. The molecule has 0 bridgehead atoms. The smallest absolute Gasteiger partial charge is 0.184 e. The molecule has 9 nitrogen and oxygen atoms in total. The molecule has 0 radical (unpaired) electrons. The summed E-state index contributed by atoms with van der Waals surface area (Å²) in [5, 5.41) is 13.6. The number of benzene rings is 1. The van der Waals surface area contributed by atoms with Crippen molar-refractivity contribution in [1.29, 1.82) is 0 Å². The van der Waals surface area contributed by atoms with Gasteiger partial charge >= 0.3 is 0 Å². The SMILES string of the molecule is C=C(Nc1cncc(-c2cnc3n[nH]c(-c4nc5nccc(-c6cc(F)cc(CNC)c6)c5[nH]4)c3c2F)c1)C(C)(C)C. The number of aromatic amines is 2. The van der Waals surface area contributed by atoms with Crippen molar-refractivity contribution in [2.75, 3.05) is 12.4 Å². The fourth-order valence-electron chi connectivity index (χ4n) is 4.72. The number of nitrogens with one attached hydrogen (secondary N) is 4. The Balaban J connectivity index is 1.43. The van der Waals surface area contributed by atoms with E-state index in [2.05, 4.69) is 52.3 Å². The molecule has 0 spiro atoms. The molecule has 0 aliphatic carbocycles. The van der Waals surface area contributed by atoms with E-state index in [0.29, 0.717) is 51.6 Å². The van der Waals surface area contributed by atoms with Crippen LogP contribution in [0.1, 0.15) is 26.3 Å². The van der Waals surface area contributed by atoms with Crippen LogP contribution in [0.5, 0.6) is 0 Å². The van der Waals surface area contributed by atoms with Gasteiger partial charge in [0.2, 0.25) is 0 Å². The lowest BCUT2D eigenvalue weighted by Crippen LogP contribution is -2.15. The summed E-state index contributed by atoms with van der Waals surface area (Å²) in [5.74, 6) is -0.542. The van der Waals surface area contributed by atoms with Crippen LogP contribution in [0.25, 0.3) is 56.0 Å². The normalized spacial score (nSPS) is 11.9. The second kappa shape index (κ2) is 10.4. The van der Waals surface area contributed by atoms with Crippen LogP contribution in [0.4, 0.5) is 14.5 Å². The third kappa shape index (κ3) is 4.99. The van der Waals surface area contributed by atoms with Crippen LogP contribution in [0.2, 0.25) is 0 Å². The predicted molar refractivity (Wildman–Crippen MR) is 160 cm³/mol. The van der Waals surface area contributed by atoms with E-state index in [0.717, 1.165) is 11.3 Å². The van der Waals surface area contributed by atoms with Gasteiger partial charge < -0.3 is 15.6 Å². The molecule has 0 aliphatic heterocycles. The minimum atomic E-state index is -0.521. The average molecular weight is 566 g/mol. The fraction of sp³-hybridized carbons (Fsp3) is 0.194. The molecule has 6 aromatic rings. The number of aromatic nitrogens is 7. The number of imidazole rings is 1. The summed E-state index contributed by atoms with van der Waals surface area (Å²) in [7, 11) is 1.80. The number of H-pyrrole nitrogens is 2. The number of hydrogen-bond acceptors (Lipinski definition) is 7. The lowest BCUT2D eigenvalue weighted by Gasteiger charge is -2.23. The molecule has 0 unspecified atom stereocenters. The predicted octanol–water partition coefficient (Wildman–Crippen LogP) is 6.59. The van der Waals surface area contributed by atoms with Crippen molar-refractivity contribution in [1.82, 2.24) is 40.4 Å². The third-order valence-corrected chi connectivity index (χ3v) is 7.05. The topological polar surface area (TPSA) is 120 Å². The summed E-state index contributed by atoms with van der Waals surface area (Å²) in [4.78, 5) is 20.9. The Morgan fingerprint density at radius 3 is 2.60 bits per heavy atom. The zero-order valence-corrected chi connectivity index (χ0v) is 23.6. The first-order valence-corrected chi connectivity index (χ1v) is 13.4. The minimum absolute atomic E-state index is 0.168. The lowest BCUT2D eigenvalue weighted by atomic mass is 9.93. The summed E-state index contributed by atoms with van der Waals surface area (Å²) in [6.07, 6.45) is 6.29. The van der Waals surface area contributed by atoms with Gasteiger partial charge in [0.1, 0.15) is 17.3 Å². The summed E-state index contributed by atoms with van der Waals surface area (Å²) < 4.78 is 30.7. The van der Waals surface area contributed by atoms with Crippen LogP contribution < -0.4 is 10.6 Å². The number of pyridine rings is 3. The van der Waals surface area contributed by atoms with Gasteiger partial charge in [0.05, 0.1) is 22.8 Å². The fourth-order valence-corrected chi connectivity index (χ4v) is 4.72. The Morgan fingerprint density at radius 2 is 1.81 bits per heavy atom. The minimum Gasteiger partial charge on any atom is -0.358 e. The number of allylic oxidation sites excluding steroid dienone is 1. The van der Waals surface area contributed by atoms with E-state index in [4.69, 9.17) is 0 Å². The number of fused-ring (bicyclic) bond motifs is 2. The van der Waals surface area contributed by atoms with Crippen LogP contribution in [0.3, 0.4) is 0 Å². The maximum atomic E-state index is 16.2. The maximum absolute atomic E-state index is 16.2. The number of anilines is 1. The van der Waals surface area contributed by atoms with Crippen LogP contribution in [0, 0.1) is 17.0 Å². The molecule has 5 aromatic heterocycles. The molecule has 42 heavy (non-hydrogen) atoms.